The smallest absolute Gasteiger partial charge is 0.251 e. The van der Waals surface area contributed by atoms with Gasteiger partial charge in [-0.1, -0.05) is 18.2 Å². The number of nitrogens with zero attached hydrogens (tertiary/aromatic N) is 2. The molecule has 1 aromatic heterocycles. The van der Waals surface area contributed by atoms with Crippen molar-refractivity contribution in [1.29, 1.82) is 0 Å². The molecule has 0 fully saturated rings. The third-order valence-electron chi connectivity index (χ3n) is 3.37. The Morgan fingerprint density at radius 3 is 2.76 bits per heavy atom. The first kappa shape index (κ1) is 20.9. The minimum Gasteiger partial charge on any atom is -0.370 e. The number of nitrogens with two attached hydrogens (primary N) is 1. The number of aromatic nitrogens is 1. The van der Waals surface area contributed by atoms with Gasteiger partial charge in [0, 0.05) is 37.0 Å². The van der Waals surface area contributed by atoms with Crippen LogP contribution in [-0.2, 0) is 13.0 Å². The maximum atomic E-state index is 11.8. The molecule has 0 aliphatic carbocycles. The minimum absolute atomic E-state index is 0. The van der Waals surface area contributed by atoms with E-state index in [4.69, 9.17) is 5.73 Å². The molecule has 0 aliphatic rings. The first-order valence-electron chi connectivity index (χ1n) is 8.00. The normalized spacial score (nSPS) is 10.7. The molecule has 0 atom stereocenters. The molecule has 0 saturated heterocycles. The number of halogens is 1. The largest absolute Gasteiger partial charge is 0.370 e. The zero-order valence-corrected chi connectivity index (χ0v) is 16.6. The maximum Gasteiger partial charge on any atom is 0.251 e. The van der Waals surface area contributed by atoms with Gasteiger partial charge in [0.05, 0.1) is 6.54 Å². The second-order valence-corrected chi connectivity index (χ2v) is 5.26. The van der Waals surface area contributed by atoms with E-state index in [0.717, 1.165) is 17.7 Å². The number of benzene rings is 1. The van der Waals surface area contributed by atoms with Gasteiger partial charge in [0.15, 0.2) is 5.96 Å². The van der Waals surface area contributed by atoms with Gasteiger partial charge in [-0.25, -0.2) is 4.99 Å². The molecule has 0 radical (unpaired) electrons. The predicted octanol–water partition coefficient (Wildman–Crippen LogP) is 2.10. The highest BCUT2D eigenvalue weighted by Gasteiger charge is 2.04. The summed E-state index contributed by atoms with van der Waals surface area (Å²) < 4.78 is 0. The van der Waals surface area contributed by atoms with Crippen LogP contribution in [0.3, 0.4) is 0 Å². The van der Waals surface area contributed by atoms with Crippen molar-refractivity contribution in [3.8, 4) is 0 Å². The van der Waals surface area contributed by atoms with Crippen LogP contribution in [0.5, 0.6) is 0 Å². The van der Waals surface area contributed by atoms with E-state index < -0.39 is 0 Å². The van der Waals surface area contributed by atoms with Gasteiger partial charge in [0.2, 0.25) is 0 Å². The van der Waals surface area contributed by atoms with Crippen molar-refractivity contribution < 1.29 is 4.79 Å². The monoisotopic (exact) mass is 453 g/mol. The summed E-state index contributed by atoms with van der Waals surface area (Å²) in [5.74, 6) is 0.305. The van der Waals surface area contributed by atoms with Crippen molar-refractivity contribution in [1.82, 2.24) is 15.6 Å². The van der Waals surface area contributed by atoms with E-state index in [0.29, 0.717) is 31.2 Å². The van der Waals surface area contributed by atoms with E-state index in [-0.39, 0.29) is 29.9 Å². The standard InChI is InChI=1S/C18H23N5O.HI/c1-2-20-17(24)15-7-5-6-14(12-15)13-23-18(19)22-11-9-16-8-3-4-10-21-16;/h3-8,10,12H,2,9,11,13H2,1H3,(H,20,24)(H3,19,22,23);1H. The number of aliphatic imine (C=N–C) groups is 1. The number of carbonyl (C=O) groups excluding carboxylic acids is 1. The van der Waals surface area contributed by atoms with E-state index in [1.807, 2.05) is 43.3 Å². The molecule has 1 aromatic carbocycles. The van der Waals surface area contributed by atoms with Gasteiger partial charge in [0.25, 0.3) is 5.91 Å². The molecule has 0 unspecified atom stereocenters. The van der Waals surface area contributed by atoms with Crippen molar-refractivity contribution in [2.45, 2.75) is 19.9 Å². The number of nitrogens with one attached hydrogen (secondary N) is 2. The zero-order valence-electron chi connectivity index (χ0n) is 14.2. The molecule has 25 heavy (non-hydrogen) atoms. The maximum absolute atomic E-state index is 11.8. The molecule has 4 N–H and O–H groups in total. The van der Waals surface area contributed by atoms with Gasteiger partial charge < -0.3 is 16.4 Å². The van der Waals surface area contributed by atoms with Crippen molar-refractivity contribution in [3.63, 3.8) is 0 Å². The highest BCUT2D eigenvalue weighted by molar-refractivity contribution is 14.0. The van der Waals surface area contributed by atoms with Crippen molar-refractivity contribution in [3.05, 3.63) is 65.5 Å². The van der Waals surface area contributed by atoms with Gasteiger partial charge in [-0.2, -0.15) is 0 Å². The number of guanidine groups is 1. The number of carbonyl (C=O) groups is 1. The lowest BCUT2D eigenvalue weighted by atomic mass is 10.1. The number of amides is 1. The van der Waals surface area contributed by atoms with Crippen LogP contribution in [0.4, 0.5) is 0 Å². The molecule has 7 heteroatoms. The summed E-state index contributed by atoms with van der Waals surface area (Å²) in [7, 11) is 0. The van der Waals surface area contributed by atoms with Crippen LogP contribution in [0.2, 0.25) is 0 Å². The number of hydrogen-bond acceptors (Lipinski definition) is 3. The third-order valence-corrected chi connectivity index (χ3v) is 3.37. The Morgan fingerprint density at radius 2 is 2.04 bits per heavy atom. The Bertz CT molecular complexity index is 691. The van der Waals surface area contributed by atoms with Gasteiger partial charge >= 0.3 is 0 Å². The van der Waals surface area contributed by atoms with Crippen LogP contribution in [0.25, 0.3) is 0 Å². The molecule has 1 heterocycles. The fourth-order valence-corrected chi connectivity index (χ4v) is 2.17. The van der Waals surface area contributed by atoms with Gasteiger partial charge in [-0.15, -0.1) is 24.0 Å². The van der Waals surface area contributed by atoms with Crippen molar-refractivity contribution in [2.75, 3.05) is 13.1 Å². The minimum atomic E-state index is -0.0789. The summed E-state index contributed by atoms with van der Waals surface area (Å²) in [5, 5.41) is 5.85. The summed E-state index contributed by atoms with van der Waals surface area (Å²) in [4.78, 5) is 20.4. The molecule has 0 spiro atoms. The van der Waals surface area contributed by atoms with Crippen LogP contribution in [0.1, 0.15) is 28.5 Å². The lowest BCUT2D eigenvalue weighted by molar-refractivity contribution is 0.0955. The molecule has 0 aliphatic heterocycles. The van der Waals surface area contributed by atoms with Crippen LogP contribution in [0, 0.1) is 0 Å². The molecule has 6 nitrogen and oxygen atoms in total. The second kappa shape index (κ2) is 11.4. The fourth-order valence-electron chi connectivity index (χ4n) is 2.17. The van der Waals surface area contributed by atoms with E-state index >= 15 is 0 Å². The van der Waals surface area contributed by atoms with E-state index in [9.17, 15) is 4.79 Å². The number of rotatable bonds is 7. The Labute approximate surface area is 165 Å². The molecule has 0 saturated carbocycles. The van der Waals surface area contributed by atoms with E-state index in [1.54, 1.807) is 12.3 Å². The lowest BCUT2D eigenvalue weighted by Crippen LogP contribution is -2.33. The second-order valence-electron chi connectivity index (χ2n) is 5.26. The highest BCUT2D eigenvalue weighted by Crippen LogP contribution is 2.06. The zero-order chi connectivity index (χ0) is 17.2. The summed E-state index contributed by atoms with van der Waals surface area (Å²) in [5.41, 5.74) is 8.45. The molecule has 2 rings (SSSR count). The van der Waals surface area contributed by atoms with E-state index in [2.05, 4.69) is 20.6 Å². The number of pyridine rings is 1. The van der Waals surface area contributed by atoms with Crippen LogP contribution in [0.15, 0.2) is 53.7 Å². The van der Waals surface area contributed by atoms with Crippen LogP contribution < -0.4 is 16.4 Å². The molecular formula is C18H24IN5O. The summed E-state index contributed by atoms with van der Waals surface area (Å²) >= 11 is 0. The average Bonchev–Trinajstić information content (AvgIpc) is 2.61. The molecule has 134 valence electrons. The quantitative estimate of drug-likeness (QED) is 0.340. The first-order chi connectivity index (χ1) is 11.7. The average molecular weight is 453 g/mol. The summed E-state index contributed by atoms with van der Waals surface area (Å²) in [6.07, 6.45) is 2.55. The topological polar surface area (TPSA) is 92.4 Å². The Kier molecular flexibility index (Phi) is 9.53. The molecule has 0 bridgehead atoms. The summed E-state index contributed by atoms with van der Waals surface area (Å²) in [6.45, 7) is 3.60. The molecular weight excluding hydrogens is 429 g/mol. The fraction of sp³-hybridized carbons (Fsp3) is 0.278. The Hall–Kier alpha value is -2.16. The van der Waals surface area contributed by atoms with Crippen molar-refractivity contribution >= 4 is 35.8 Å². The molecule has 2 aromatic rings. The Morgan fingerprint density at radius 1 is 1.20 bits per heavy atom. The highest BCUT2D eigenvalue weighted by atomic mass is 127. The third kappa shape index (κ3) is 7.51. The van der Waals surface area contributed by atoms with Gasteiger partial charge in [-0.05, 0) is 36.8 Å². The number of hydrogen-bond donors (Lipinski definition) is 3. The van der Waals surface area contributed by atoms with Gasteiger partial charge in [-0.3, -0.25) is 9.78 Å². The predicted molar refractivity (Wildman–Crippen MR) is 111 cm³/mol. The van der Waals surface area contributed by atoms with Gasteiger partial charge in [0.1, 0.15) is 0 Å². The van der Waals surface area contributed by atoms with Crippen LogP contribution in [-0.4, -0.2) is 29.9 Å². The summed E-state index contributed by atoms with van der Waals surface area (Å²) in [6, 6.07) is 13.2. The first-order valence-corrected chi connectivity index (χ1v) is 8.00. The lowest BCUT2D eigenvalue weighted by Gasteiger charge is -2.06. The van der Waals surface area contributed by atoms with Crippen molar-refractivity contribution in [2.24, 2.45) is 10.7 Å². The Balaban J connectivity index is 0.00000312. The molecule has 1 amide bonds. The van der Waals surface area contributed by atoms with E-state index in [1.165, 1.54) is 0 Å². The van der Waals surface area contributed by atoms with Crippen LogP contribution >= 0.6 is 24.0 Å². The SMILES string of the molecule is CCNC(=O)c1cccc(CN=C(N)NCCc2ccccn2)c1.I.